The molecule has 1 saturated carbocycles. The van der Waals surface area contributed by atoms with Gasteiger partial charge in [-0.15, -0.1) is 5.10 Å². The summed E-state index contributed by atoms with van der Waals surface area (Å²) in [5.74, 6) is 2.47. The highest BCUT2D eigenvalue weighted by atomic mass is 32.1. The number of guanidine groups is 1. The second-order valence-corrected chi connectivity index (χ2v) is 9.84. The molecule has 6 N–H and O–H groups in total. The number of carbonyl (C=O) groups excluding carboxylic acids is 2. The van der Waals surface area contributed by atoms with E-state index in [0.717, 1.165) is 23.5 Å². The minimum atomic E-state index is 0.130. The molecule has 0 spiro atoms. The molecular weight excluding hydrogens is 540 g/mol. The fourth-order valence-corrected chi connectivity index (χ4v) is 4.77. The topological polar surface area (TPSA) is 169 Å². The largest absolute Gasteiger partial charge is 0.493 e. The fourth-order valence-electron chi connectivity index (χ4n) is 4.31. The SMILES string of the molecule is CN=C(N)N.COc1ccc(CC=O)cc1OC.NC=O.c1cc(-c2csnn2)ccc1CCCC1CCCCC1. The number of benzene rings is 2. The first-order valence-electron chi connectivity index (χ1n) is 13.6. The third-order valence-corrected chi connectivity index (χ3v) is 6.94. The van der Waals surface area contributed by atoms with E-state index < -0.39 is 0 Å². The van der Waals surface area contributed by atoms with Crippen molar-refractivity contribution in [3.8, 4) is 22.8 Å². The van der Waals surface area contributed by atoms with Crippen LogP contribution in [-0.4, -0.2) is 49.5 Å². The molecule has 1 aliphatic rings. The van der Waals surface area contributed by atoms with E-state index in [-0.39, 0.29) is 12.4 Å². The summed E-state index contributed by atoms with van der Waals surface area (Å²) in [4.78, 5) is 22.2. The number of aromatic nitrogens is 2. The Morgan fingerprint density at radius 2 is 1.61 bits per heavy atom. The van der Waals surface area contributed by atoms with Gasteiger partial charge in [-0.3, -0.25) is 9.79 Å². The van der Waals surface area contributed by atoms with Crippen LogP contribution in [0.2, 0.25) is 0 Å². The smallest absolute Gasteiger partial charge is 0.204 e. The molecule has 1 aliphatic carbocycles. The van der Waals surface area contributed by atoms with Crippen molar-refractivity contribution in [2.75, 3.05) is 21.3 Å². The molecule has 0 atom stereocenters. The molecule has 1 amide bonds. The Labute approximate surface area is 247 Å². The third-order valence-electron chi connectivity index (χ3n) is 6.44. The van der Waals surface area contributed by atoms with Gasteiger partial charge in [-0.05, 0) is 53.6 Å². The molecule has 2 aromatic carbocycles. The van der Waals surface area contributed by atoms with Gasteiger partial charge in [-0.25, -0.2) is 0 Å². The maximum atomic E-state index is 10.3. The lowest BCUT2D eigenvalue weighted by atomic mass is 9.85. The van der Waals surface area contributed by atoms with Gasteiger partial charge in [0.05, 0.1) is 14.2 Å². The predicted octanol–water partition coefficient (Wildman–Crippen LogP) is 4.54. The Balaban J connectivity index is 0.000000344. The number of ether oxygens (including phenoxy) is 2. The lowest BCUT2D eigenvalue weighted by molar-refractivity contribution is -0.107. The van der Waals surface area contributed by atoms with Crippen LogP contribution in [0.3, 0.4) is 0 Å². The van der Waals surface area contributed by atoms with Gasteiger partial charge in [-0.1, -0.05) is 73.3 Å². The summed E-state index contributed by atoms with van der Waals surface area (Å²) in [5, 5.41) is 6.11. The maximum Gasteiger partial charge on any atom is 0.204 e. The standard InChI is InChI=1S/C17H22N2S.C10H12O3.C2H7N3.CH3NO/c1-2-5-14(6-3-1)7-4-8-15-9-11-16(12-10-15)17-13-20-19-18-17;1-12-9-4-3-8(5-6-11)7-10(9)13-2;1-5-2(3)4;2-1-3/h9-14H,1-8H2;3-4,6-7H,5H2,1-2H3;1H3,(H4,3,4,5);1H,(H2,2,3). The Morgan fingerprint density at radius 1 is 1.00 bits per heavy atom. The van der Waals surface area contributed by atoms with E-state index in [1.54, 1.807) is 26.4 Å². The summed E-state index contributed by atoms with van der Waals surface area (Å²) in [6.07, 6.45) is 12.8. The molecule has 0 bridgehead atoms. The second-order valence-electron chi connectivity index (χ2n) is 9.23. The third kappa shape index (κ3) is 14.8. The quantitative estimate of drug-likeness (QED) is 0.187. The molecule has 0 radical (unpaired) electrons. The van der Waals surface area contributed by atoms with E-state index in [2.05, 4.69) is 44.6 Å². The summed E-state index contributed by atoms with van der Waals surface area (Å²) in [6.45, 7) is 0. The first-order valence-corrected chi connectivity index (χ1v) is 14.4. The maximum absolute atomic E-state index is 10.3. The van der Waals surface area contributed by atoms with Crippen LogP contribution in [0.1, 0.15) is 56.1 Å². The number of primary amides is 1. The van der Waals surface area contributed by atoms with Gasteiger partial charge in [0.25, 0.3) is 0 Å². The Kier molecular flexibility index (Phi) is 18.6. The highest BCUT2D eigenvalue weighted by Gasteiger charge is 2.12. The Bertz CT molecular complexity index is 1130. The second kappa shape index (κ2) is 21.8. The highest BCUT2D eigenvalue weighted by Crippen LogP contribution is 2.28. The summed E-state index contributed by atoms with van der Waals surface area (Å²) in [6, 6.07) is 14.3. The number of carbonyl (C=O) groups is 2. The van der Waals surface area contributed by atoms with Crippen LogP contribution in [0.15, 0.2) is 52.8 Å². The summed E-state index contributed by atoms with van der Waals surface area (Å²) >= 11 is 1.41. The van der Waals surface area contributed by atoms with E-state index in [1.165, 1.54) is 81.1 Å². The van der Waals surface area contributed by atoms with Crippen molar-refractivity contribution in [3.05, 3.63) is 59.0 Å². The number of amides is 1. The summed E-state index contributed by atoms with van der Waals surface area (Å²) in [7, 11) is 4.69. The van der Waals surface area contributed by atoms with Gasteiger partial charge in [0, 0.05) is 24.4 Å². The molecule has 1 fully saturated rings. The van der Waals surface area contributed by atoms with Crippen molar-refractivity contribution >= 4 is 30.2 Å². The normalized spacial score (nSPS) is 12.1. The fraction of sp³-hybridized carbons (Fsp3) is 0.433. The van der Waals surface area contributed by atoms with Crippen molar-refractivity contribution < 1.29 is 19.1 Å². The Hall–Kier alpha value is -3.99. The zero-order valence-corrected chi connectivity index (χ0v) is 25.1. The minimum Gasteiger partial charge on any atom is -0.493 e. The van der Waals surface area contributed by atoms with Crippen molar-refractivity contribution in [1.29, 1.82) is 0 Å². The van der Waals surface area contributed by atoms with Crippen LogP contribution >= 0.6 is 11.5 Å². The predicted molar refractivity (Wildman–Crippen MR) is 166 cm³/mol. The molecule has 41 heavy (non-hydrogen) atoms. The van der Waals surface area contributed by atoms with Crippen LogP contribution in [0.5, 0.6) is 11.5 Å². The molecule has 0 saturated heterocycles. The molecule has 3 aromatic rings. The first-order chi connectivity index (χ1) is 19.9. The summed E-state index contributed by atoms with van der Waals surface area (Å²) < 4.78 is 14.1. The van der Waals surface area contributed by atoms with Crippen LogP contribution in [0, 0.1) is 5.92 Å². The molecule has 11 heteroatoms. The number of nitrogens with two attached hydrogens (primary N) is 3. The van der Waals surface area contributed by atoms with Gasteiger partial charge in [0.1, 0.15) is 12.0 Å². The van der Waals surface area contributed by atoms with Crippen molar-refractivity contribution in [2.45, 2.75) is 57.8 Å². The van der Waals surface area contributed by atoms with E-state index in [1.807, 2.05) is 11.4 Å². The molecular formula is C30H44N6O4S. The molecule has 10 nitrogen and oxygen atoms in total. The number of aryl methyl sites for hydroxylation is 1. The van der Waals surface area contributed by atoms with Gasteiger partial charge in [0.15, 0.2) is 17.5 Å². The number of hydrogen-bond acceptors (Lipinski definition) is 8. The zero-order chi connectivity index (χ0) is 30.3. The van der Waals surface area contributed by atoms with Crippen molar-refractivity contribution in [1.82, 2.24) is 9.59 Å². The molecule has 1 aromatic heterocycles. The first kappa shape index (κ1) is 35.0. The van der Waals surface area contributed by atoms with Crippen molar-refractivity contribution in [2.24, 2.45) is 28.1 Å². The molecule has 4 rings (SSSR count). The number of hydrogen-bond donors (Lipinski definition) is 3. The van der Waals surface area contributed by atoms with E-state index >= 15 is 0 Å². The lowest BCUT2D eigenvalue weighted by Gasteiger charge is -2.21. The number of nitrogens with zero attached hydrogens (tertiary/aromatic N) is 3. The zero-order valence-electron chi connectivity index (χ0n) is 24.3. The van der Waals surface area contributed by atoms with Crippen LogP contribution in [0.4, 0.5) is 0 Å². The van der Waals surface area contributed by atoms with E-state index in [9.17, 15) is 4.79 Å². The van der Waals surface area contributed by atoms with Crippen molar-refractivity contribution in [3.63, 3.8) is 0 Å². The molecule has 0 unspecified atom stereocenters. The summed E-state index contributed by atoms with van der Waals surface area (Å²) in [5.41, 5.74) is 18.3. The Morgan fingerprint density at radius 3 is 2.12 bits per heavy atom. The number of methoxy groups -OCH3 is 2. The molecule has 0 aliphatic heterocycles. The average molecular weight is 585 g/mol. The van der Waals surface area contributed by atoms with Gasteiger partial charge in [-0.2, -0.15) is 0 Å². The highest BCUT2D eigenvalue weighted by molar-refractivity contribution is 7.03. The molecule has 224 valence electrons. The van der Waals surface area contributed by atoms with Gasteiger partial charge in [0.2, 0.25) is 6.41 Å². The van der Waals surface area contributed by atoms with Gasteiger partial charge >= 0.3 is 0 Å². The number of rotatable bonds is 9. The minimum absolute atomic E-state index is 0.130. The van der Waals surface area contributed by atoms with Crippen LogP contribution < -0.4 is 26.7 Å². The number of aliphatic imine (C=N–C) groups is 1. The molecule has 1 heterocycles. The van der Waals surface area contributed by atoms with Crippen LogP contribution in [0.25, 0.3) is 11.3 Å². The van der Waals surface area contributed by atoms with E-state index in [0.29, 0.717) is 17.9 Å². The number of aldehydes is 1. The average Bonchev–Trinajstić information content (AvgIpc) is 3.54. The van der Waals surface area contributed by atoms with Crippen LogP contribution in [-0.2, 0) is 22.4 Å². The lowest BCUT2D eigenvalue weighted by Crippen LogP contribution is -2.21. The van der Waals surface area contributed by atoms with Gasteiger partial charge < -0.3 is 31.5 Å². The van der Waals surface area contributed by atoms with E-state index in [4.69, 9.17) is 25.7 Å². The monoisotopic (exact) mass is 584 g/mol.